The van der Waals surface area contributed by atoms with E-state index in [0.29, 0.717) is 12.6 Å². The van der Waals surface area contributed by atoms with Gasteiger partial charge in [-0.15, -0.1) is 0 Å². The molecule has 1 aliphatic heterocycles. The molecule has 0 N–H and O–H groups in total. The first kappa shape index (κ1) is 7.79. The predicted molar refractivity (Wildman–Crippen MR) is 47.4 cm³/mol. The molecule has 0 bridgehead atoms. The number of aromatic nitrogens is 2. The van der Waals surface area contributed by atoms with Gasteiger partial charge in [0, 0.05) is 18.8 Å². The van der Waals surface area contributed by atoms with Gasteiger partial charge in [0.05, 0.1) is 6.26 Å². The Morgan fingerprint density at radius 1 is 1.46 bits per heavy atom. The van der Waals surface area contributed by atoms with Crippen molar-refractivity contribution in [2.75, 3.05) is 0 Å². The average Bonchev–Trinajstić information content (AvgIpc) is 2.08. The van der Waals surface area contributed by atoms with Crippen molar-refractivity contribution in [3.05, 3.63) is 47.1 Å². The van der Waals surface area contributed by atoms with E-state index in [4.69, 9.17) is 4.74 Å². The van der Waals surface area contributed by atoms with E-state index in [9.17, 15) is 4.79 Å². The van der Waals surface area contributed by atoms with Gasteiger partial charge in [0.15, 0.2) is 0 Å². The first-order valence-electron chi connectivity index (χ1n) is 3.92. The van der Waals surface area contributed by atoms with Gasteiger partial charge in [0.25, 0.3) is 5.56 Å². The van der Waals surface area contributed by atoms with E-state index in [-0.39, 0.29) is 5.56 Å². The van der Waals surface area contributed by atoms with Gasteiger partial charge in [-0.25, -0.2) is 0 Å². The summed E-state index contributed by atoms with van der Waals surface area (Å²) >= 11 is 0. The molecule has 0 atom stereocenters. The van der Waals surface area contributed by atoms with Gasteiger partial charge in [0.2, 0.25) is 0 Å². The van der Waals surface area contributed by atoms with Crippen LogP contribution in [0.3, 0.4) is 0 Å². The SMILES string of the molecule is O=c1ccn2c(n1)OC=CC=CC2. The summed E-state index contributed by atoms with van der Waals surface area (Å²) in [6, 6.07) is 1.74. The molecule has 0 radical (unpaired) electrons. The second kappa shape index (κ2) is 3.26. The highest BCUT2D eigenvalue weighted by Crippen LogP contribution is 2.06. The van der Waals surface area contributed by atoms with Crippen molar-refractivity contribution in [3.8, 4) is 6.01 Å². The van der Waals surface area contributed by atoms with Gasteiger partial charge in [-0.1, -0.05) is 12.2 Å². The van der Waals surface area contributed by atoms with E-state index in [2.05, 4.69) is 4.98 Å². The fraction of sp³-hybridized carbons (Fsp3) is 0.111. The highest BCUT2D eigenvalue weighted by Gasteiger charge is 2.01. The molecule has 2 rings (SSSR count). The number of fused-ring (bicyclic) bond motifs is 1. The molecule has 0 aromatic carbocycles. The molecule has 2 heterocycles. The zero-order valence-corrected chi connectivity index (χ0v) is 6.88. The minimum Gasteiger partial charge on any atom is -0.433 e. The second-order valence-corrected chi connectivity index (χ2v) is 2.58. The lowest BCUT2D eigenvalue weighted by Gasteiger charge is -2.08. The highest BCUT2D eigenvalue weighted by atomic mass is 16.5. The van der Waals surface area contributed by atoms with Crippen molar-refractivity contribution >= 4 is 0 Å². The Bertz CT molecular complexity index is 418. The molecule has 0 aliphatic carbocycles. The molecule has 1 aromatic rings. The van der Waals surface area contributed by atoms with Gasteiger partial charge in [0.1, 0.15) is 0 Å². The molecule has 1 aliphatic rings. The molecular formula is C9H8N2O2. The first-order valence-corrected chi connectivity index (χ1v) is 3.92. The van der Waals surface area contributed by atoms with Crippen LogP contribution >= 0.6 is 0 Å². The van der Waals surface area contributed by atoms with Crippen LogP contribution in [-0.2, 0) is 6.54 Å². The number of ether oxygens (including phenoxy) is 1. The third-order valence-electron chi connectivity index (χ3n) is 1.65. The van der Waals surface area contributed by atoms with Crippen LogP contribution in [0.5, 0.6) is 6.01 Å². The van der Waals surface area contributed by atoms with Crippen LogP contribution in [0, 0.1) is 0 Å². The maximum Gasteiger partial charge on any atom is 0.304 e. The van der Waals surface area contributed by atoms with Gasteiger partial charge in [-0.3, -0.25) is 9.36 Å². The molecule has 1 aromatic heterocycles. The van der Waals surface area contributed by atoms with E-state index < -0.39 is 0 Å². The molecule has 0 fully saturated rings. The van der Waals surface area contributed by atoms with Crippen LogP contribution in [0.15, 0.2) is 41.5 Å². The molecule has 0 saturated heterocycles. The molecule has 0 saturated carbocycles. The topological polar surface area (TPSA) is 44.1 Å². The zero-order chi connectivity index (χ0) is 9.10. The average molecular weight is 176 g/mol. The Balaban J connectivity index is 2.48. The van der Waals surface area contributed by atoms with E-state index in [0.717, 1.165) is 0 Å². The van der Waals surface area contributed by atoms with Gasteiger partial charge >= 0.3 is 6.01 Å². The van der Waals surface area contributed by atoms with Crippen molar-refractivity contribution in [2.45, 2.75) is 6.54 Å². The van der Waals surface area contributed by atoms with Crippen LogP contribution in [-0.4, -0.2) is 9.55 Å². The van der Waals surface area contributed by atoms with Crippen LogP contribution in [0.2, 0.25) is 0 Å². The summed E-state index contributed by atoms with van der Waals surface area (Å²) in [5.41, 5.74) is -0.288. The third-order valence-corrected chi connectivity index (χ3v) is 1.65. The third kappa shape index (κ3) is 1.66. The summed E-state index contributed by atoms with van der Waals surface area (Å²) in [7, 11) is 0. The van der Waals surface area contributed by atoms with E-state index in [1.165, 1.54) is 12.3 Å². The molecule has 0 spiro atoms. The lowest BCUT2D eigenvalue weighted by atomic mass is 10.4. The van der Waals surface area contributed by atoms with Gasteiger partial charge in [-0.2, -0.15) is 4.98 Å². The Labute approximate surface area is 74.8 Å². The normalized spacial score (nSPS) is 14.2. The number of hydrogen-bond donors (Lipinski definition) is 0. The molecule has 4 heteroatoms. The van der Waals surface area contributed by atoms with E-state index in [1.807, 2.05) is 12.2 Å². The summed E-state index contributed by atoms with van der Waals surface area (Å²) in [5, 5.41) is 0. The molecule has 4 nitrogen and oxygen atoms in total. The maximum absolute atomic E-state index is 10.9. The fourth-order valence-corrected chi connectivity index (χ4v) is 1.04. The standard InChI is InChI=1S/C9H8N2O2/c12-8-4-6-11-5-2-1-3-7-13-9(11)10-8/h1-4,6-7H,5H2. The maximum atomic E-state index is 10.9. The Hall–Kier alpha value is -1.84. The fourth-order valence-electron chi connectivity index (χ4n) is 1.04. The quantitative estimate of drug-likeness (QED) is 0.584. The van der Waals surface area contributed by atoms with Crippen molar-refractivity contribution in [1.82, 2.24) is 9.55 Å². The van der Waals surface area contributed by atoms with E-state index in [1.54, 1.807) is 16.8 Å². The summed E-state index contributed by atoms with van der Waals surface area (Å²) in [4.78, 5) is 14.6. The van der Waals surface area contributed by atoms with Crippen LogP contribution in [0.25, 0.3) is 0 Å². The lowest BCUT2D eigenvalue weighted by Crippen LogP contribution is -2.13. The Morgan fingerprint density at radius 2 is 2.38 bits per heavy atom. The first-order chi connectivity index (χ1) is 6.36. The Morgan fingerprint density at radius 3 is 3.31 bits per heavy atom. The second-order valence-electron chi connectivity index (χ2n) is 2.58. The Kier molecular flexibility index (Phi) is 1.96. The number of hydrogen-bond acceptors (Lipinski definition) is 3. The minimum absolute atomic E-state index is 0.288. The summed E-state index contributed by atoms with van der Waals surface area (Å²) < 4.78 is 6.88. The highest BCUT2D eigenvalue weighted by molar-refractivity contribution is 5.09. The monoisotopic (exact) mass is 176 g/mol. The number of rotatable bonds is 0. The van der Waals surface area contributed by atoms with Crippen LogP contribution < -0.4 is 10.3 Å². The van der Waals surface area contributed by atoms with Gasteiger partial charge in [-0.05, 0) is 6.08 Å². The summed E-state index contributed by atoms with van der Waals surface area (Å²) in [6.45, 7) is 0.660. The van der Waals surface area contributed by atoms with Crippen molar-refractivity contribution in [1.29, 1.82) is 0 Å². The largest absolute Gasteiger partial charge is 0.433 e. The summed E-state index contributed by atoms with van der Waals surface area (Å²) in [5.74, 6) is 0. The molecule has 0 unspecified atom stereocenters. The van der Waals surface area contributed by atoms with Crippen LogP contribution in [0.1, 0.15) is 0 Å². The zero-order valence-electron chi connectivity index (χ0n) is 6.88. The molecular weight excluding hydrogens is 168 g/mol. The van der Waals surface area contributed by atoms with Crippen LogP contribution in [0.4, 0.5) is 0 Å². The molecule has 13 heavy (non-hydrogen) atoms. The predicted octanol–water partition coefficient (Wildman–Crippen LogP) is 0.706. The van der Waals surface area contributed by atoms with Crippen molar-refractivity contribution < 1.29 is 4.74 Å². The molecule has 66 valence electrons. The van der Waals surface area contributed by atoms with Crippen molar-refractivity contribution in [2.24, 2.45) is 0 Å². The minimum atomic E-state index is -0.288. The smallest absolute Gasteiger partial charge is 0.304 e. The number of allylic oxidation sites excluding steroid dienone is 3. The van der Waals surface area contributed by atoms with Gasteiger partial charge < -0.3 is 4.74 Å². The lowest BCUT2D eigenvalue weighted by molar-refractivity contribution is 0.404. The summed E-state index contributed by atoms with van der Waals surface area (Å²) in [6.07, 6.45) is 8.74. The van der Waals surface area contributed by atoms with E-state index >= 15 is 0 Å². The van der Waals surface area contributed by atoms with Crippen molar-refractivity contribution in [3.63, 3.8) is 0 Å². The molecule has 0 amide bonds. The number of nitrogens with zero attached hydrogens (tertiary/aromatic N) is 2.